The molecule has 0 saturated carbocycles. The topological polar surface area (TPSA) is 12.0 Å². The number of likely N-dealkylation sites (N-methyl/N-ethyl adjacent to an activating group) is 1. The minimum absolute atomic E-state index is 0.136. The molecule has 4 heteroatoms. The van der Waals surface area contributed by atoms with Crippen LogP contribution in [-0.2, 0) is 6.42 Å². The molecule has 0 aliphatic rings. The van der Waals surface area contributed by atoms with Crippen molar-refractivity contribution in [2.75, 3.05) is 7.05 Å². The molecule has 0 aliphatic carbocycles. The number of thiophene rings is 1. The van der Waals surface area contributed by atoms with Gasteiger partial charge >= 0.3 is 0 Å². The lowest BCUT2D eigenvalue weighted by molar-refractivity contribution is 0.555. The van der Waals surface area contributed by atoms with Crippen molar-refractivity contribution in [3.8, 4) is 0 Å². The summed E-state index contributed by atoms with van der Waals surface area (Å²) in [6, 6.07) is 7.02. The van der Waals surface area contributed by atoms with E-state index in [1.165, 1.54) is 11.6 Å². The molecule has 0 radical (unpaired) electrons. The fourth-order valence-corrected chi connectivity index (χ4v) is 2.64. The first-order chi connectivity index (χ1) is 8.20. The van der Waals surface area contributed by atoms with Crippen molar-refractivity contribution >= 4 is 22.9 Å². The van der Waals surface area contributed by atoms with Crippen LogP contribution in [0, 0.1) is 5.82 Å². The van der Waals surface area contributed by atoms with Gasteiger partial charge in [0.15, 0.2) is 0 Å². The Morgan fingerprint density at radius 1 is 1.41 bits per heavy atom. The maximum absolute atomic E-state index is 13.7. The molecule has 0 amide bonds. The fraction of sp³-hybridized carbons (Fsp3) is 0.231. The van der Waals surface area contributed by atoms with Crippen LogP contribution in [0.1, 0.15) is 17.2 Å². The van der Waals surface area contributed by atoms with Crippen molar-refractivity contribution in [2.24, 2.45) is 0 Å². The third-order valence-corrected chi connectivity index (χ3v) is 3.67. The average molecular weight is 270 g/mol. The molecule has 0 fully saturated rings. The molecule has 1 aromatic heterocycles. The lowest BCUT2D eigenvalue weighted by atomic mass is 10.0. The van der Waals surface area contributed by atoms with Crippen LogP contribution in [0.3, 0.4) is 0 Å². The molecule has 0 saturated heterocycles. The normalized spacial score (nSPS) is 12.6. The maximum atomic E-state index is 13.7. The summed E-state index contributed by atoms with van der Waals surface area (Å²) in [6.07, 6.45) is 0.621. The summed E-state index contributed by atoms with van der Waals surface area (Å²) >= 11 is 7.38. The lowest BCUT2D eigenvalue weighted by Crippen LogP contribution is -2.18. The van der Waals surface area contributed by atoms with Crippen LogP contribution in [0.25, 0.3) is 0 Å². The van der Waals surface area contributed by atoms with E-state index in [0.29, 0.717) is 17.0 Å². The predicted octanol–water partition coefficient (Wildman–Crippen LogP) is 4.04. The van der Waals surface area contributed by atoms with E-state index in [1.54, 1.807) is 23.5 Å². The highest BCUT2D eigenvalue weighted by atomic mass is 35.5. The van der Waals surface area contributed by atoms with E-state index in [4.69, 9.17) is 11.6 Å². The van der Waals surface area contributed by atoms with Crippen LogP contribution in [0.4, 0.5) is 4.39 Å². The molecule has 1 atom stereocenters. The summed E-state index contributed by atoms with van der Waals surface area (Å²) in [5.74, 6) is -0.243. The van der Waals surface area contributed by atoms with Gasteiger partial charge in [-0.2, -0.15) is 11.3 Å². The highest BCUT2D eigenvalue weighted by molar-refractivity contribution is 7.07. The number of hydrogen-bond acceptors (Lipinski definition) is 2. The number of rotatable bonds is 4. The Hall–Kier alpha value is -0.900. The van der Waals surface area contributed by atoms with Gasteiger partial charge in [-0.25, -0.2) is 4.39 Å². The van der Waals surface area contributed by atoms with Gasteiger partial charge < -0.3 is 5.32 Å². The summed E-state index contributed by atoms with van der Waals surface area (Å²) in [7, 11) is 1.89. The molecule has 1 unspecified atom stereocenters. The highest BCUT2D eigenvalue weighted by Gasteiger charge is 2.13. The van der Waals surface area contributed by atoms with Crippen molar-refractivity contribution in [1.82, 2.24) is 5.32 Å². The summed E-state index contributed by atoms with van der Waals surface area (Å²) in [5.41, 5.74) is 1.87. The quantitative estimate of drug-likeness (QED) is 0.883. The van der Waals surface area contributed by atoms with E-state index < -0.39 is 0 Å². The zero-order valence-electron chi connectivity index (χ0n) is 9.41. The molecule has 0 spiro atoms. The second-order valence-electron chi connectivity index (χ2n) is 3.84. The van der Waals surface area contributed by atoms with Gasteiger partial charge in [-0.05, 0) is 53.6 Å². The fourth-order valence-electron chi connectivity index (χ4n) is 1.77. The van der Waals surface area contributed by atoms with E-state index in [-0.39, 0.29) is 11.9 Å². The van der Waals surface area contributed by atoms with Gasteiger partial charge in [0.1, 0.15) is 5.82 Å². The zero-order valence-corrected chi connectivity index (χ0v) is 11.0. The summed E-state index contributed by atoms with van der Waals surface area (Å²) < 4.78 is 13.7. The molecular weight excluding hydrogens is 257 g/mol. The standard InChI is InChI=1S/C13H13ClFNS/c1-16-13(10-4-5-17-8-10)6-9-2-3-11(14)7-12(9)15/h2-5,7-8,13,16H,6H2,1H3. The van der Waals surface area contributed by atoms with Gasteiger partial charge in [0.2, 0.25) is 0 Å². The van der Waals surface area contributed by atoms with Gasteiger partial charge in [0.05, 0.1) is 0 Å². The molecule has 2 aromatic rings. The van der Waals surface area contributed by atoms with Crippen molar-refractivity contribution < 1.29 is 4.39 Å². The Morgan fingerprint density at radius 3 is 2.82 bits per heavy atom. The Labute approximate surface area is 109 Å². The Balaban J connectivity index is 2.19. The Morgan fingerprint density at radius 2 is 2.24 bits per heavy atom. The van der Waals surface area contributed by atoms with Gasteiger partial charge in [-0.1, -0.05) is 17.7 Å². The van der Waals surface area contributed by atoms with Gasteiger partial charge in [0.25, 0.3) is 0 Å². The summed E-state index contributed by atoms with van der Waals surface area (Å²) in [6.45, 7) is 0. The van der Waals surface area contributed by atoms with Crippen molar-refractivity contribution in [3.05, 3.63) is 57.0 Å². The molecular formula is C13H13ClFNS. The average Bonchev–Trinajstić information content (AvgIpc) is 2.81. The minimum Gasteiger partial charge on any atom is -0.313 e. The third kappa shape index (κ3) is 3.06. The van der Waals surface area contributed by atoms with Crippen LogP contribution >= 0.6 is 22.9 Å². The first-order valence-electron chi connectivity index (χ1n) is 5.34. The van der Waals surface area contributed by atoms with Crippen molar-refractivity contribution in [3.63, 3.8) is 0 Å². The molecule has 1 aromatic carbocycles. The predicted molar refractivity (Wildman–Crippen MR) is 71.2 cm³/mol. The first-order valence-corrected chi connectivity index (χ1v) is 6.66. The van der Waals surface area contributed by atoms with Crippen LogP contribution in [0.5, 0.6) is 0 Å². The van der Waals surface area contributed by atoms with Crippen LogP contribution < -0.4 is 5.32 Å². The third-order valence-electron chi connectivity index (χ3n) is 2.73. The van der Waals surface area contributed by atoms with Gasteiger partial charge in [-0.15, -0.1) is 0 Å². The lowest BCUT2D eigenvalue weighted by Gasteiger charge is -2.15. The SMILES string of the molecule is CNC(Cc1ccc(Cl)cc1F)c1ccsc1. The zero-order chi connectivity index (χ0) is 12.3. The van der Waals surface area contributed by atoms with Gasteiger partial charge in [-0.3, -0.25) is 0 Å². The molecule has 0 aliphatic heterocycles. The van der Waals surface area contributed by atoms with Crippen LogP contribution in [0.15, 0.2) is 35.0 Å². The molecule has 17 heavy (non-hydrogen) atoms. The molecule has 0 bridgehead atoms. The largest absolute Gasteiger partial charge is 0.313 e. The van der Waals surface area contributed by atoms with Crippen LogP contribution in [0.2, 0.25) is 5.02 Å². The number of halogens is 2. The Kier molecular flexibility index (Phi) is 4.15. The summed E-state index contributed by atoms with van der Waals surface area (Å²) in [5, 5.41) is 7.74. The summed E-state index contributed by atoms with van der Waals surface area (Å²) in [4.78, 5) is 0. The van der Waals surface area contributed by atoms with E-state index in [2.05, 4.69) is 16.8 Å². The van der Waals surface area contributed by atoms with E-state index in [1.807, 2.05) is 12.4 Å². The second-order valence-corrected chi connectivity index (χ2v) is 5.05. The molecule has 90 valence electrons. The van der Waals surface area contributed by atoms with Crippen molar-refractivity contribution in [1.29, 1.82) is 0 Å². The molecule has 1 N–H and O–H groups in total. The van der Waals surface area contributed by atoms with Gasteiger partial charge in [0, 0.05) is 11.1 Å². The first kappa shape index (κ1) is 12.6. The molecule has 1 heterocycles. The highest BCUT2D eigenvalue weighted by Crippen LogP contribution is 2.23. The monoisotopic (exact) mass is 269 g/mol. The Bertz CT molecular complexity index is 484. The molecule has 1 nitrogen and oxygen atoms in total. The smallest absolute Gasteiger partial charge is 0.127 e. The van der Waals surface area contributed by atoms with E-state index >= 15 is 0 Å². The number of benzene rings is 1. The van der Waals surface area contributed by atoms with E-state index in [0.717, 1.165) is 0 Å². The minimum atomic E-state index is -0.243. The second kappa shape index (κ2) is 5.63. The van der Waals surface area contributed by atoms with Crippen LogP contribution in [-0.4, -0.2) is 7.05 Å². The maximum Gasteiger partial charge on any atom is 0.127 e. The number of hydrogen-bond donors (Lipinski definition) is 1. The van der Waals surface area contributed by atoms with E-state index in [9.17, 15) is 4.39 Å². The molecule has 2 rings (SSSR count). The number of nitrogens with one attached hydrogen (secondary N) is 1. The van der Waals surface area contributed by atoms with Crippen molar-refractivity contribution in [2.45, 2.75) is 12.5 Å².